The van der Waals surface area contributed by atoms with Crippen molar-refractivity contribution in [1.82, 2.24) is 5.43 Å². The molecule has 0 saturated heterocycles. The lowest BCUT2D eigenvalue weighted by Crippen LogP contribution is -2.24. The van der Waals surface area contributed by atoms with Crippen molar-refractivity contribution in [3.05, 3.63) is 98.0 Å². The summed E-state index contributed by atoms with van der Waals surface area (Å²) in [5.74, 6) is -0.976. The molecule has 0 aliphatic heterocycles. The van der Waals surface area contributed by atoms with E-state index in [2.05, 4.69) is 10.5 Å². The fraction of sp³-hybridized carbons (Fsp3) is 0.0455. The van der Waals surface area contributed by atoms with Gasteiger partial charge in [-0.2, -0.15) is 5.10 Å². The number of nitro groups is 1. The Labute approximate surface area is 197 Å². The van der Waals surface area contributed by atoms with E-state index in [9.17, 15) is 19.7 Å². The van der Waals surface area contributed by atoms with Gasteiger partial charge in [0.15, 0.2) is 12.4 Å². The molecule has 1 N–H and O–H groups in total. The fourth-order valence-electron chi connectivity index (χ4n) is 2.52. The van der Waals surface area contributed by atoms with E-state index < -0.39 is 23.4 Å². The van der Waals surface area contributed by atoms with Crippen LogP contribution in [0.15, 0.2) is 71.8 Å². The van der Waals surface area contributed by atoms with Crippen molar-refractivity contribution < 1.29 is 24.0 Å². The summed E-state index contributed by atoms with van der Waals surface area (Å²) in [6.45, 7) is -0.454. The van der Waals surface area contributed by atoms with Crippen molar-refractivity contribution >= 4 is 47.0 Å². The van der Waals surface area contributed by atoms with E-state index in [1.807, 2.05) is 0 Å². The highest BCUT2D eigenvalue weighted by Gasteiger charge is 2.15. The summed E-state index contributed by atoms with van der Waals surface area (Å²) in [5.41, 5.74) is 2.80. The Balaban J connectivity index is 1.50. The van der Waals surface area contributed by atoms with E-state index >= 15 is 0 Å². The standard InChI is InChI=1S/C22H15Cl2N3O6/c23-15-7-10-17(18(24)11-15)22(29)33-16-8-5-14(6-9-16)12-25-26-21(28)13-32-20-4-2-1-3-19(20)27(30)31/h1-12H,13H2,(H,26,28)/b25-12-. The van der Waals surface area contributed by atoms with E-state index in [4.69, 9.17) is 32.7 Å². The molecule has 0 bridgehead atoms. The Morgan fingerprint density at radius 1 is 1.06 bits per heavy atom. The van der Waals surface area contributed by atoms with Gasteiger partial charge in [-0.05, 0) is 54.1 Å². The van der Waals surface area contributed by atoms with Crippen LogP contribution in [0.3, 0.4) is 0 Å². The Kier molecular flexibility index (Phi) is 7.96. The molecular formula is C22H15Cl2N3O6. The molecule has 0 saturated carbocycles. The van der Waals surface area contributed by atoms with Gasteiger partial charge in [-0.3, -0.25) is 14.9 Å². The van der Waals surface area contributed by atoms with Gasteiger partial charge in [-0.25, -0.2) is 10.2 Å². The predicted molar refractivity (Wildman–Crippen MR) is 122 cm³/mol. The second kappa shape index (κ2) is 11.1. The molecule has 9 nitrogen and oxygen atoms in total. The number of hydrazone groups is 1. The first-order chi connectivity index (χ1) is 15.8. The minimum atomic E-state index is -0.635. The lowest BCUT2D eigenvalue weighted by atomic mass is 10.2. The number of nitro benzene ring substituents is 1. The molecule has 0 unspecified atom stereocenters. The van der Waals surface area contributed by atoms with Crippen LogP contribution < -0.4 is 14.9 Å². The number of amides is 1. The molecule has 11 heteroatoms. The van der Waals surface area contributed by atoms with Crippen LogP contribution >= 0.6 is 23.2 Å². The second-order valence-electron chi connectivity index (χ2n) is 6.39. The normalized spacial score (nSPS) is 10.6. The maximum Gasteiger partial charge on any atom is 0.345 e. The Bertz CT molecular complexity index is 1220. The summed E-state index contributed by atoms with van der Waals surface area (Å²) in [7, 11) is 0. The number of para-hydroxylation sites is 2. The van der Waals surface area contributed by atoms with Crippen molar-refractivity contribution in [2.75, 3.05) is 6.61 Å². The lowest BCUT2D eigenvalue weighted by molar-refractivity contribution is -0.385. The van der Waals surface area contributed by atoms with E-state index in [0.29, 0.717) is 10.6 Å². The summed E-state index contributed by atoms with van der Waals surface area (Å²) < 4.78 is 10.4. The van der Waals surface area contributed by atoms with Gasteiger partial charge < -0.3 is 9.47 Å². The molecule has 0 heterocycles. The number of rotatable bonds is 8. The van der Waals surface area contributed by atoms with Gasteiger partial charge in [0, 0.05) is 11.1 Å². The first-order valence-electron chi connectivity index (χ1n) is 9.29. The van der Waals surface area contributed by atoms with Crippen LogP contribution in [-0.2, 0) is 4.79 Å². The number of carbonyl (C=O) groups is 2. The number of hydrogen-bond donors (Lipinski definition) is 1. The smallest absolute Gasteiger partial charge is 0.345 e. The lowest BCUT2D eigenvalue weighted by Gasteiger charge is -2.06. The molecular weight excluding hydrogens is 473 g/mol. The maximum atomic E-state index is 12.2. The van der Waals surface area contributed by atoms with E-state index in [1.54, 1.807) is 30.3 Å². The molecule has 0 fully saturated rings. The van der Waals surface area contributed by atoms with Gasteiger partial charge in [0.05, 0.1) is 21.7 Å². The van der Waals surface area contributed by atoms with E-state index in [-0.39, 0.29) is 27.8 Å². The third kappa shape index (κ3) is 6.76. The molecule has 3 aromatic rings. The summed E-state index contributed by atoms with van der Waals surface area (Å²) in [6, 6.07) is 16.5. The zero-order valence-corrected chi connectivity index (χ0v) is 18.2. The van der Waals surface area contributed by atoms with Crippen molar-refractivity contribution in [3.8, 4) is 11.5 Å². The van der Waals surface area contributed by atoms with Gasteiger partial charge in [-0.1, -0.05) is 35.3 Å². The summed E-state index contributed by atoms with van der Waals surface area (Å²) in [5, 5.41) is 15.3. The molecule has 0 aromatic heterocycles. The highest BCUT2D eigenvalue weighted by molar-refractivity contribution is 6.36. The summed E-state index contributed by atoms with van der Waals surface area (Å²) in [4.78, 5) is 34.4. The van der Waals surface area contributed by atoms with Crippen molar-refractivity contribution in [2.24, 2.45) is 5.10 Å². The Morgan fingerprint density at radius 2 is 1.79 bits per heavy atom. The quantitative estimate of drug-likeness (QED) is 0.162. The highest BCUT2D eigenvalue weighted by Crippen LogP contribution is 2.25. The SMILES string of the molecule is O=C(COc1ccccc1[N+](=O)[O-])N/N=C\c1ccc(OC(=O)c2ccc(Cl)cc2Cl)cc1. The van der Waals surface area contributed by atoms with Crippen LogP contribution in [0.5, 0.6) is 11.5 Å². The van der Waals surface area contributed by atoms with Crippen molar-refractivity contribution in [3.63, 3.8) is 0 Å². The second-order valence-corrected chi connectivity index (χ2v) is 7.23. The fourth-order valence-corrected chi connectivity index (χ4v) is 3.01. The zero-order valence-electron chi connectivity index (χ0n) is 16.7. The average Bonchev–Trinajstić information content (AvgIpc) is 2.79. The molecule has 0 aliphatic carbocycles. The number of hydrogen-bond acceptors (Lipinski definition) is 7. The molecule has 3 rings (SSSR count). The van der Waals surface area contributed by atoms with Gasteiger partial charge in [0.2, 0.25) is 0 Å². The van der Waals surface area contributed by atoms with Crippen molar-refractivity contribution in [2.45, 2.75) is 0 Å². The highest BCUT2D eigenvalue weighted by atomic mass is 35.5. The maximum absolute atomic E-state index is 12.2. The molecule has 0 spiro atoms. The van der Waals surface area contributed by atoms with Crippen LogP contribution in [0.25, 0.3) is 0 Å². The van der Waals surface area contributed by atoms with Gasteiger partial charge in [0.1, 0.15) is 5.75 Å². The molecule has 1 amide bonds. The van der Waals surface area contributed by atoms with Gasteiger partial charge in [-0.15, -0.1) is 0 Å². The zero-order chi connectivity index (χ0) is 23.8. The minimum absolute atomic E-state index is 0.0216. The Hall–Kier alpha value is -3.95. The van der Waals surface area contributed by atoms with Gasteiger partial charge >= 0.3 is 11.7 Å². The number of ether oxygens (including phenoxy) is 2. The van der Waals surface area contributed by atoms with Crippen LogP contribution in [-0.4, -0.2) is 29.6 Å². The molecule has 3 aromatic carbocycles. The van der Waals surface area contributed by atoms with E-state index in [0.717, 1.165) is 0 Å². The molecule has 33 heavy (non-hydrogen) atoms. The minimum Gasteiger partial charge on any atom is -0.477 e. The number of halogens is 2. The molecule has 0 atom stereocenters. The van der Waals surface area contributed by atoms with Gasteiger partial charge in [0.25, 0.3) is 5.91 Å². The van der Waals surface area contributed by atoms with Crippen molar-refractivity contribution in [1.29, 1.82) is 0 Å². The predicted octanol–water partition coefficient (Wildman–Crippen LogP) is 4.65. The molecule has 0 radical (unpaired) electrons. The van der Waals surface area contributed by atoms with Crippen LogP contribution in [0.2, 0.25) is 10.0 Å². The average molecular weight is 488 g/mol. The third-order valence-corrected chi connectivity index (χ3v) is 4.61. The van der Waals surface area contributed by atoms with Crippen LogP contribution in [0.1, 0.15) is 15.9 Å². The monoisotopic (exact) mass is 487 g/mol. The number of nitrogens with one attached hydrogen (secondary N) is 1. The van der Waals surface area contributed by atoms with Crippen LogP contribution in [0.4, 0.5) is 5.69 Å². The first kappa shape index (κ1) is 23.7. The first-order valence-corrected chi connectivity index (χ1v) is 10.0. The third-order valence-electron chi connectivity index (χ3n) is 4.07. The number of esters is 1. The summed E-state index contributed by atoms with van der Waals surface area (Å²) >= 11 is 11.8. The number of carbonyl (C=O) groups excluding carboxylic acids is 2. The molecule has 168 valence electrons. The summed E-state index contributed by atoms with van der Waals surface area (Å²) in [6.07, 6.45) is 1.37. The van der Waals surface area contributed by atoms with E-state index in [1.165, 1.54) is 42.6 Å². The molecule has 0 aliphatic rings. The topological polar surface area (TPSA) is 120 Å². The number of benzene rings is 3. The number of nitrogens with zero attached hydrogens (tertiary/aromatic N) is 2. The van der Waals surface area contributed by atoms with Crippen LogP contribution in [0, 0.1) is 10.1 Å². The largest absolute Gasteiger partial charge is 0.477 e. The Morgan fingerprint density at radius 3 is 2.48 bits per heavy atom.